The predicted octanol–water partition coefficient (Wildman–Crippen LogP) is 2.06. The molecule has 50 valence electrons. The Morgan fingerprint density at radius 3 is 2.67 bits per heavy atom. The summed E-state index contributed by atoms with van der Waals surface area (Å²) in [5, 5.41) is 0. The zero-order valence-corrected chi connectivity index (χ0v) is 6.68. The van der Waals surface area contributed by atoms with E-state index >= 15 is 0 Å². The lowest BCUT2D eigenvalue weighted by Gasteiger charge is -1.98. The second-order valence-electron chi connectivity index (χ2n) is 1.92. The van der Waals surface area contributed by atoms with Gasteiger partial charge in [0.05, 0.1) is 16.8 Å². The van der Waals surface area contributed by atoms with Crippen molar-refractivity contribution in [3.8, 4) is 0 Å². The molecule has 0 aliphatic rings. The van der Waals surface area contributed by atoms with Crippen LogP contribution in [0, 0.1) is 0 Å². The minimum atomic E-state index is -0.0330. The molecule has 0 amide bonds. The summed E-state index contributed by atoms with van der Waals surface area (Å²) in [5.74, 6) is 0.801. The van der Waals surface area contributed by atoms with E-state index in [-0.39, 0.29) is 6.04 Å². The largest absolute Gasteiger partial charge is 0.466 e. The third-order valence-corrected chi connectivity index (χ3v) is 1.71. The van der Waals surface area contributed by atoms with Crippen LogP contribution in [0.2, 0.25) is 0 Å². The van der Waals surface area contributed by atoms with Crippen LogP contribution in [-0.4, -0.2) is 0 Å². The molecule has 1 aromatic heterocycles. The summed E-state index contributed by atoms with van der Waals surface area (Å²) in [6.07, 6.45) is 1.61. The van der Waals surface area contributed by atoms with Crippen LogP contribution in [0.4, 0.5) is 0 Å². The molecule has 1 rings (SSSR count). The first kappa shape index (κ1) is 6.83. The highest BCUT2D eigenvalue weighted by Gasteiger charge is 2.06. The minimum Gasteiger partial charge on any atom is -0.466 e. The Labute approximate surface area is 62.2 Å². The number of hydrogen-bond acceptors (Lipinski definition) is 2. The van der Waals surface area contributed by atoms with Crippen molar-refractivity contribution in [1.29, 1.82) is 0 Å². The smallest absolute Gasteiger partial charge is 0.134 e. The van der Waals surface area contributed by atoms with Crippen LogP contribution in [0.3, 0.4) is 0 Å². The summed E-state index contributed by atoms with van der Waals surface area (Å²) in [5.41, 5.74) is 5.54. The van der Waals surface area contributed by atoms with E-state index in [4.69, 9.17) is 10.2 Å². The van der Waals surface area contributed by atoms with Crippen molar-refractivity contribution in [3.05, 3.63) is 22.6 Å². The lowest BCUT2D eigenvalue weighted by Crippen LogP contribution is -2.03. The summed E-state index contributed by atoms with van der Waals surface area (Å²) in [4.78, 5) is 0. The van der Waals surface area contributed by atoms with Gasteiger partial charge in [-0.1, -0.05) is 0 Å². The van der Waals surface area contributed by atoms with Crippen LogP contribution in [0.1, 0.15) is 18.7 Å². The highest BCUT2D eigenvalue weighted by molar-refractivity contribution is 9.10. The molecule has 0 aromatic carbocycles. The van der Waals surface area contributed by atoms with Gasteiger partial charge in [-0.05, 0) is 28.9 Å². The fourth-order valence-corrected chi connectivity index (χ4v) is 1.19. The average molecular weight is 190 g/mol. The lowest BCUT2D eigenvalue weighted by molar-refractivity contribution is 0.477. The van der Waals surface area contributed by atoms with Crippen LogP contribution in [0.15, 0.2) is 21.2 Å². The minimum absolute atomic E-state index is 0.0330. The summed E-state index contributed by atoms with van der Waals surface area (Å²) in [6, 6.07) is 1.80. The first-order valence-corrected chi connectivity index (χ1v) is 3.49. The Hall–Kier alpha value is -0.280. The monoisotopic (exact) mass is 189 g/mol. The molecule has 2 nitrogen and oxygen atoms in total. The van der Waals surface area contributed by atoms with Crippen LogP contribution < -0.4 is 5.73 Å². The number of nitrogens with two attached hydrogens (primary N) is 1. The van der Waals surface area contributed by atoms with E-state index in [0.717, 1.165) is 10.2 Å². The van der Waals surface area contributed by atoms with E-state index < -0.39 is 0 Å². The second kappa shape index (κ2) is 2.54. The molecule has 2 N–H and O–H groups in total. The maximum Gasteiger partial charge on any atom is 0.134 e. The average Bonchev–Trinajstić information content (AvgIpc) is 2.13. The van der Waals surface area contributed by atoms with Crippen molar-refractivity contribution in [1.82, 2.24) is 0 Å². The zero-order valence-electron chi connectivity index (χ0n) is 5.10. The van der Waals surface area contributed by atoms with Crippen molar-refractivity contribution < 1.29 is 4.42 Å². The van der Waals surface area contributed by atoms with Gasteiger partial charge in [-0.2, -0.15) is 0 Å². The SMILES string of the molecule is CC(N)c1occc1Br. The van der Waals surface area contributed by atoms with Crippen molar-refractivity contribution in [3.63, 3.8) is 0 Å². The zero-order chi connectivity index (χ0) is 6.85. The van der Waals surface area contributed by atoms with Crippen molar-refractivity contribution >= 4 is 15.9 Å². The van der Waals surface area contributed by atoms with Gasteiger partial charge in [0.25, 0.3) is 0 Å². The van der Waals surface area contributed by atoms with Gasteiger partial charge in [0.15, 0.2) is 0 Å². The van der Waals surface area contributed by atoms with E-state index in [1.54, 1.807) is 6.26 Å². The summed E-state index contributed by atoms with van der Waals surface area (Å²) in [7, 11) is 0. The fraction of sp³-hybridized carbons (Fsp3) is 0.333. The van der Waals surface area contributed by atoms with Gasteiger partial charge in [-0.3, -0.25) is 0 Å². The summed E-state index contributed by atoms with van der Waals surface area (Å²) in [6.45, 7) is 1.88. The molecular formula is C6H8BrNO. The summed E-state index contributed by atoms with van der Waals surface area (Å²) >= 11 is 3.29. The first-order chi connectivity index (χ1) is 4.22. The van der Waals surface area contributed by atoms with E-state index in [9.17, 15) is 0 Å². The van der Waals surface area contributed by atoms with E-state index in [0.29, 0.717) is 0 Å². The molecular weight excluding hydrogens is 182 g/mol. The molecule has 9 heavy (non-hydrogen) atoms. The Kier molecular flexibility index (Phi) is 1.93. The van der Waals surface area contributed by atoms with Gasteiger partial charge in [0.2, 0.25) is 0 Å². The van der Waals surface area contributed by atoms with Crippen LogP contribution in [0.5, 0.6) is 0 Å². The Morgan fingerprint density at radius 2 is 2.44 bits per heavy atom. The highest BCUT2D eigenvalue weighted by atomic mass is 79.9. The second-order valence-corrected chi connectivity index (χ2v) is 2.78. The molecule has 0 bridgehead atoms. The summed E-state index contributed by atoms with van der Waals surface area (Å²) < 4.78 is 6.00. The maximum atomic E-state index is 5.54. The van der Waals surface area contributed by atoms with Gasteiger partial charge < -0.3 is 10.2 Å². The van der Waals surface area contributed by atoms with Crippen molar-refractivity contribution in [2.45, 2.75) is 13.0 Å². The number of hydrogen-bond donors (Lipinski definition) is 1. The molecule has 3 heteroatoms. The Morgan fingerprint density at radius 1 is 1.78 bits per heavy atom. The highest BCUT2D eigenvalue weighted by Crippen LogP contribution is 2.21. The molecule has 0 aliphatic heterocycles. The van der Waals surface area contributed by atoms with Crippen molar-refractivity contribution in [2.24, 2.45) is 5.73 Å². The number of halogens is 1. The normalized spacial score (nSPS) is 13.7. The molecule has 1 aromatic rings. The molecule has 0 fully saturated rings. The van der Waals surface area contributed by atoms with Gasteiger partial charge >= 0.3 is 0 Å². The van der Waals surface area contributed by atoms with E-state index in [1.165, 1.54) is 0 Å². The number of furan rings is 1. The quantitative estimate of drug-likeness (QED) is 0.735. The molecule has 1 atom stereocenters. The Bertz CT molecular complexity index is 195. The van der Waals surface area contributed by atoms with E-state index in [2.05, 4.69) is 15.9 Å². The van der Waals surface area contributed by atoms with Crippen LogP contribution in [-0.2, 0) is 0 Å². The van der Waals surface area contributed by atoms with Gasteiger partial charge in [0.1, 0.15) is 5.76 Å². The van der Waals surface area contributed by atoms with Crippen LogP contribution in [0.25, 0.3) is 0 Å². The molecule has 1 heterocycles. The predicted molar refractivity (Wildman–Crippen MR) is 39.0 cm³/mol. The third-order valence-electron chi connectivity index (χ3n) is 1.06. The Balaban J connectivity index is 2.94. The molecule has 0 spiro atoms. The molecule has 0 radical (unpaired) electrons. The number of rotatable bonds is 1. The maximum absolute atomic E-state index is 5.54. The molecule has 0 saturated heterocycles. The van der Waals surface area contributed by atoms with Gasteiger partial charge in [-0.25, -0.2) is 0 Å². The first-order valence-electron chi connectivity index (χ1n) is 2.70. The van der Waals surface area contributed by atoms with Gasteiger partial charge in [-0.15, -0.1) is 0 Å². The molecule has 1 unspecified atom stereocenters. The van der Waals surface area contributed by atoms with Crippen LogP contribution >= 0.6 is 15.9 Å². The van der Waals surface area contributed by atoms with Crippen molar-refractivity contribution in [2.75, 3.05) is 0 Å². The van der Waals surface area contributed by atoms with Gasteiger partial charge in [0, 0.05) is 0 Å². The topological polar surface area (TPSA) is 39.2 Å². The molecule has 0 saturated carbocycles. The van der Waals surface area contributed by atoms with E-state index in [1.807, 2.05) is 13.0 Å². The third kappa shape index (κ3) is 1.34. The lowest BCUT2D eigenvalue weighted by atomic mass is 10.3. The fourth-order valence-electron chi connectivity index (χ4n) is 0.630. The standard InChI is InChI=1S/C6H8BrNO/c1-4(8)6-5(7)2-3-9-6/h2-4H,8H2,1H3. The molecule has 0 aliphatic carbocycles.